The van der Waals surface area contributed by atoms with Crippen molar-refractivity contribution in [2.45, 2.75) is 25.4 Å². The molecule has 3 heterocycles. The van der Waals surface area contributed by atoms with E-state index in [4.69, 9.17) is 0 Å². The predicted molar refractivity (Wildman–Crippen MR) is 127 cm³/mol. The molecular weight excluding hydrogens is 412 g/mol. The number of piperazine rings is 1. The number of hydrogen-bond donors (Lipinski definition) is 1. The van der Waals surface area contributed by atoms with E-state index in [1.807, 2.05) is 42.6 Å². The zero-order chi connectivity index (χ0) is 22.6. The molecule has 6 heteroatoms. The highest BCUT2D eigenvalue weighted by Gasteiger charge is 2.34. The second-order valence-corrected chi connectivity index (χ2v) is 8.77. The van der Waals surface area contributed by atoms with E-state index in [2.05, 4.69) is 39.5 Å². The predicted octanol–water partition coefficient (Wildman–Crippen LogP) is 2.68. The van der Waals surface area contributed by atoms with E-state index in [9.17, 15) is 9.59 Å². The average molecular weight is 441 g/mol. The molecule has 2 aliphatic rings. The van der Waals surface area contributed by atoms with Crippen LogP contribution in [-0.2, 0) is 29.0 Å². The van der Waals surface area contributed by atoms with Gasteiger partial charge in [0.05, 0.1) is 6.54 Å². The van der Waals surface area contributed by atoms with E-state index >= 15 is 0 Å². The highest BCUT2D eigenvalue weighted by Crippen LogP contribution is 2.21. The Balaban J connectivity index is 1.26. The Morgan fingerprint density at radius 3 is 2.58 bits per heavy atom. The van der Waals surface area contributed by atoms with Crippen LogP contribution in [0.1, 0.15) is 16.7 Å². The minimum atomic E-state index is -0.479. The van der Waals surface area contributed by atoms with Gasteiger partial charge in [-0.25, -0.2) is 0 Å². The molecule has 0 spiro atoms. The van der Waals surface area contributed by atoms with Crippen LogP contribution in [0.2, 0.25) is 0 Å². The summed E-state index contributed by atoms with van der Waals surface area (Å²) < 4.78 is 0. The molecule has 0 bridgehead atoms. The summed E-state index contributed by atoms with van der Waals surface area (Å²) in [5, 5.41) is 2.94. The van der Waals surface area contributed by atoms with E-state index in [-0.39, 0.29) is 11.8 Å². The summed E-state index contributed by atoms with van der Waals surface area (Å²) >= 11 is 0. The molecule has 6 nitrogen and oxygen atoms in total. The minimum Gasteiger partial charge on any atom is -0.353 e. The molecular formula is C27H28N4O2. The Morgan fingerprint density at radius 1 is 0.970 bits per heavy atom. The maximum Gasteiger partial charge on any atom is 0.243 e. The van der Waals surface area contributed by atoms with Gasteiger partial charge in [0.2, 0.25) is 11.8 Å². The van der Waals surface area contributed by atoms with Gasteiger partial charge in [-0.3, -0.25) is 19.5 Å². The number of carbonyl (C=O) groups is 2. The topological polar surface area (TPSA) is 65.5 Å². The fourth-order valence-corrected chi connectivity index (χ4v) is 4.78. The van der Waals surface area contributed by atoms with Gasteiger partial charge in [-0.05, 0) is 40.3 Å². The Kier molecular flexibility index (Phi) is 6.17. The summed E-state index contributed by atoms with van der Waals surface area (Å²) in [6.45, 7) is 3.04. The van der Waals surface area contributed by atoms with Crippen LogP contribution in [0.15, 0.2) is 73.1 Å². The summed E-state index contributed by atoms with van der Waals surface area (Å²) in [5.41, 5.74) is 5.83. The first kappa shape index (κ1) is 21.3. The normalized spacial score (nSPS) is 18.5. The summed E-state index contributed by atoms with van der Waals surface area (Å²) in [5.74, 6) is -0.0452. The van der Waals surface area contributed by atoms with Crippen LogP contribution in [0.3, 0.4) is 0 Å². The van der Waals surface area contributed by atoms with Crippen molar-refractivity contribution < 1.29 is 9.59 Å². The van der Waals surface area contributed by atoms with Crippen LogP contribution in [0.4, 0.5) is 0 Å². The fourth-order valence-electron chi connectivity index (χ4n) is 4.78. The number of nitrogens with one attached hydrogen (secondary N) is 1. The molecule has 3 aromatic rings. The first-order chi connectivity index (χ1) is 16.2. The summed E-state index contributed by atoms with van der Waals surface area (Å²) in [7, 11) is 0. The number of fused-ring (bicyclic) bond motifs is 1. The number of pyridine rings is 1. The van der Waals surface area contributed by atoms with Crippen molar-refractivity contribution in [1.82, 2.24) is 20.1 Å². The number of aromatic nitrogens is 1. The third kappa shape index (κ3) is 4.81. The Hall–Kier alpha value is -3.51. The number of benzene rings is 2. The number of amides is 2. The van der Waals surface area contributed by atoms with E-state index in [0.717, 1.165) is 36.2 Å². The Labute approximate surface area is 194 Å². The number of carbonyl (C=O) groups excluding carboxylic acids is 2. The second kappa shape index (κ2) is 9.55. The molecule has 1 unspecified atom stereocenters. The number of hydrogen-bond acceptors (Lipinski definition) is 4. The number of nitrogens with zero attached hydrogens (tertiary/aromatic N) is 3. The smallest absolute Gasteiger partial charge is 0.243 e. The molecule has 2 amide bonds. The molecule has 1 saturated heterocycles. The summed E-state index contributed by atoms with van der Waals surface area (Å²) in [4.78, 5) is 34.1. The molecule has 1 aromatic heterocycles. The fraction of sp³-hybridized carbons (Fsp3) is 0.296. The minimum absolute atomic E-state index is 0.0289. The molecule has 0 aliphatic carbocycles. The SMILES string of the molecule is O=C1NCCN(C(=O)CN2CCc3ccccc3C2)C1Cc1ccc(-c2cccnc2)cc1. The quantitative estimate of drug-likeness (QED) is 0.663. The lowest BCUT2D eigenvalue weighted by Gasteiger charge is -2.37. The maximum absolute atomic E-state index is 13.3. The van der Waals surface area contributed by atoms with Crippen molar-refractivity contribution in [3.63, 3.8) is 0 Å². The van der Waals surface area contributed by atoms with Crippen LogP contribution < -0.4 is 5.32 Å². The first-order valence-corrected chi connectivity index (χ1v) is 11.5. The van der Waals surface area contributed by atoms with Gasteiger partial charge in [-0.2, -0.15) is 0 Å². The highest BCUT2D eigenvalue weighted by molar-refractivity contribution is 5.89. The van der Waals surface area contributed by atoms with Crippen molar-refractivity contribution in [2.24, 2.45) is 0 Å². The van der Waals surface area contributed by atoms with Gasteiger partial charge in [-0.15, -0.1) is 0 Å². The standard InChI is InChI=1S/C27H28N4O2/c32-26(19-30-14-11-21-4-1-2-5-24(21)18-30)31-15-13-29-27(33)25(31)16-20-7-9-22(10-8-20)23-6-3-12-28-17-23/h1-10,12,17,25H,11,13-16,18-19H2,(H,29,33). The van der Waals surface area contributed by atoms with Crippen LogP contribution in [0.25, 0.3) is 11.1 Å². The average Bonchev–Trinajstić information content (AvgIpc) is 2.86. The Bertz CT molecular complexity index is 1130. The zero-order valence-electron chi connectivity index (χ0n) is 18.6. The monoisotopic (exact) mass is 440 g/mol. The zero-order valence-corrected chi connectivity index (χ0v) is 18.6. The molecule has 1 fully saturated rings. The lowest BCUT2D eigenvalue weighted by Crippen LogP contribution is -2.59. The number of rotatable bonds is 5. The second-order valence-electron chi connectivity index (χ2n) is 8.77. The lowest BCUT2D eigenvalue weighted by molar-refractivity contribution is -0.144. The van der Waals surface area contributed by atoms with Crippen LogP contribution in [0.5, 0.6) is 0 Å². The van der Waals surface area contributed by atoms with Crippen molar-refractivity contribution in [3.05, 3.63) is 89.7 Å². The molecule has 0 saturated carbocycles. The van der Waals surface area contributed by atoms with Crippen LogP contribution in [0, 0.1) is 0 Å². The van der Waals surface area contributed by atoms with Crippen LogP contribution in [-0.4, -0.2) is 58.8 Å². The van der Waals surface area contributed by atoms with Gasteiger partial charge in [0.25, 0.3) is 0 Å². The molecule has 2 aromatic carbocycles. The van der Waals surface area contributed by atoms with Crippen LogP contribution >= 0.6 is 0 Å². The largest absolute Gasteiger partial charge is 0.353 e. The highest BCUT2D eigenvalue weighted by atomic mass is 16.2. The first-order valence-electron chi connectivity index (χ1n) is 11.5. The molecule has 5 rings (SSSR count). The molecule has 1 N–H and O–H groups in total. The van der Waals surface area contributed by atoms with Crippen molar-refractivity contribution in [2.75, 3.05) is 26.2 Å². The van der Waals surface area contributed by atoms with Gasteiger partial charge >= 0.3 is 0 Å². The van der Waals surface area contributed by atoms with Crippen molar-refractivity contribution in [3.8, 4) is 11.1 Å². The molecule has 1 atom stereocenters. The van der Waals surface area contributed by atoms with Gasteiger partial charge in [0, 0.05) is 45.0 Å². The van der Waals surface area contributed by atoms with Crippen molar-refractivity contribution in [1.29, 1.82) is 0 Å². The third-order valence-electron chi connectivity index (χ3n) is 6.60. The summed E-state index contributed by atoms with van der Waals surface area (Å²) in [6, 6.07) is 20.0. The molecule has 33 heavy (non-hydrogen) atoms. The van der Waals surface area contributed by atoms with E-state index in [1.54, 1.807) is 11.1 Å². The Morgan fingerprint density at radius 2 is 1.79 bits per heavy atom. The van der Waals surface area contributed by atoms with Gasteiger partial charge in [0.1, 0.15) is 6.04 Å². The lowest BCUT2D eigenvalue weighted by atomic mass is 9.98. The van der Waals surface area contributed by atoms with Gasteiger partial charge in [-0.1, -0.05) is 54.6 Å². The van der Waals surface area contributed by atoms with E-state index in [0.29, 0.717) is 26.1 Å². The van der Waals surface area contributed by atoms with E-state index in [1.165, 1.54) is 11.1 Å². The molecule has 168 valence electrons. The van der Waals surface area contributed by atoms with Crippen molar-refractivity contribution >= 4 is 11.8 Å². The maximum atomic E-state index is 13.3. The van der Waals surface area contributed by atoms with Gasteiger partial charge in [0.15, 0.2) is 0 Å². The molecule has 0 radical (unpaired) electrons. The molecule has 2 aliphatic heterocycles. The summed E-state index contributed by atoms with van der Waals surface area (Å²) in [6.07, 6.45) is 5.06. The van der Waals surface area contributed by atoms with Gasteiger partial charge < -0.3 is 10.2 Å². The third-order valence-corrected chi connectivity index (χ3v) is 6.60. The van der Waals surface area contributed by atoms with E-state index < -0.39 is 6.04 Å².